The first-order valence-corrected chi connectivity index (χ1v) is 9.09. The zero-order valence-corrected chi connectivity index (χ0v) is 15.1. The SMILES string of the molecule is CC(C)N1CCO[C@H](CN2CCN(C(=O)c3cc[nH]c(=O)c3)CC2)C1. The Hall–Kier alpha value is -1.70. The highest BCUT2D eigenvalue weighted by molar-refractivity contribution is 5.94. The van der Waals surface area contributed by atoms with E-state index in [1.807, 2.05) is 4.90 Å². The van der Waals surface area contributed by atoms with E-state index in [4.69, 9.17) is 4.74 Å². The Labute approximate surface area is 148 Å². The summed E-state index contributed by atoms with van der Waals surface area (Å²) in [5, 5.41) is 0. The second-order valence-electron chi connectivity index (χ2n) is 7.12. The van der Waals surface area contributed by atoms with E-state index in [1.165, 1.54) is 12.3 Å². The molecule has 3 heterocycles. The fraction of sp³-hybridized carbons (Fsp3) is 0.667. The third kappa shape index (κ3) is 4.68. The number of nitrogens with zero attached hydrogens (tertiary/aromatic N) is 3. The van der Waals surface area contributed by atoms with Gasteiger partial charge in [-0.25, -0.2) is 0 Å². The molecule has 1 aromatic rings. The van der Waals surface area contributed by atoms with Crippen LogP contribution in [0.5, 0.6) is 0 Å². The first-order valence-electron chi connectivity index (χ1n) is 9.09. The second-order valence-corrected chi connectivity index (χ2v) is 7.12. The molecule has 2 saturated heterocycles. The Kier molecular flexibility index (Phi) is 5.88. The number of morpholine rings is 1. The van der Waals surface area contributed by atoms with Gasteiger partial charge in [0, 0.05) is 69.7 Å². The third-order valence-electron chi connectivity index (χ3n) is 5.04. The van der Waals surface area contributed by atoms with Crippen LogP contribution in [0, 0.1) is 0 Å². The van der Waals surface area contributed by atoms with E-state index in [2.05, 4.69) is 28.6 Å². The molecule has 7 heteroatoms. The maximum atomic E-state index is 12.5. The van der Waals surface area contributed by atoms with Gasteiger partial charge < -0.3 is 14.6 Å². The molecular formula is C18H28N4O3. The quantitative estimate of drug-likeness (QED) is 0.844. The summed E-state index contributed by atoms with van der Waals surface area (Å²) < 4.78 is 5.92. The molecule has 1 amide bonds. The van der Waals surface area contributed by atoms with Gasteiger partial charge in [-0.05, 0) is 19.9 Å². The molecule has 0 unspecified atom stereocenters. The van der Waals surface area contributed by atoms with Crippen LogP contribution >= 0.6 is 0 Å². The number of amides is 1. The number of aromatic amines is 1. The van der Waals surface area contributed by atoms with Crippen molar-refractivity contribution in [3.05, 3.63) is 34.2 Å². The zero-order valence-electron chi connectivity index (χ0n) is 15.1. The Morgan fingerprint density at radius 1 is 1.28 bits per heavy atom. The maximum absolute atomic E-state index is 12.5. The Morgan fingerprint density at radius 3 is 2.72 bits per heavy atom. The molecule has 1 atom stereocenters. The van der Waals surface area contributed by atoms with Crippen molar-refractivity contribution in [2.45, 2.75) is 26.0 Å². The fourth-order valence-corrected chi connectivity index (χ4v) is 3.50. The van der Waals surface area contributed by atoms with Crippen LogP contribution in [0.4, 0.5) is 0 Å². The van der Waals surface area contributed by atoms with Crippen molar-refractivity contribution in [2.24, 2.45) is 0 Å². The summed E-state index contributed by atoms with van der Waals surface area (Å²) in [7, 11) is 0. The smallest absolute Gasteiger partial charge is 0.254 e. The van der Waals surface area contributed by atoms with Gasteiger partial charge in [0.15, 0.2) is 0 Å². The normalized spacial score (nSPS) is 23.2. The summed E-state index contributed by atoms with van der Waals surface area (Å²) in [6.07, 6.45) is 1.76. The maximum Gasteiger partial charge on any atom is 0.254 e. The molecule has 0 saturated carbocycles. The molecule has 7 nitrogen and oxygen atoms in total. The highest BCUT2D eigenvalue weighted by atomic mass is 16.5. The van der Waals surface area contributed by atoms with E-state index in [-0.39, 0.29) is 17.6 Å². The predicted molar refractivity (Wildman–Crippen MR) is 95.9 cm³/mol. The van der Waals surface area contributed by atoms with Crippen molar-refractivity contribution in [1.82, 2.24) is 19.7 Å². The molecule has 2 aliphatic heterocycles. The Bertz CT molecular complexity index is 637. The lowest BCUT2D eigenvalue weighted by atomic mass is 10.2. The minimum absolute atomic E-state index is 0.0642. The number of nitrogens with one attached hydrogen (secondary N) is 1. The summed E-state index contributed by atoms with van der Waals surface area (Å²) in [6.45, 7) is 11.2. The molecule has 2 aliphatic rings. The minimum atomic E-state index is -0.242. The van der Waals surface area contributed by atoms with E-state index in [0.29, 0.717) is 24.7 Å². The van der Waals surface area contributed by atoms with Gasteiger partial charge >= 0.3 is 0 Å². The van der Waals surface area contributed by atoms with Gasteiger partial charge in [0.05, 0.1) is 12.7 Å². The van der Waals surface area contributed by atoms with Crippen LogP contribution in [-0.4, -0.2) is 90.2 Å². The van der Waals surface area contributed by atoms with Gasteiger partial charge in [0.25, 0.3) is 5.91 Å². The molecule has 1 aromatic heterocycles. The van der Waals surface area contributed by atoms with Gasteiger partial charge in [-0.3, -0.25) is 19.4 Å². The number of hydrogen-bond acceptors (Lipinski definition) is 5. The third-order valence-corrected chi connectivity index (χ3v) is 5.04. The number of pyridine rings is 1. The van der Waals surface area contributed by atoms with Crippen molar-refractivity contribution in [3.8, 4) is 0 Å². The van der Waals surface area contributed by atoms with Crippen LogP contribution < -0.4 is 5.56 Å². The largest absolute Gasteiger partial charge is 0.374 e. The van der Waals surface area contributed by atoms with Crippen LogP contribution in [0.3, 0.4) is 0 Å². The van der Waals surface area contributed by atoms with Crippen LogP contribution in [0.2, 0.25) is 0 Å². The fourth-order valence-electron chi connectivity index (χ4n) is 3.50. The van der Waals surface area contributed by atoms with Crippen molar-refractivity contribution in [2.75, 3.05) is 52.4 Å². The van der Waals surface area contributed by atoms with Crippen LogP contribution in [0.15, 0.2) is 23.1 Å². The molecular weight excluding hydrogens is 320 g/mol. The average molecular weight is 348 g/mol. The number of aromatic nitrogens is 1. The highest BCUT2D eigenvalue weighted by Crippen LogP contribution is 2.12. The van der Waals surface area contributed by atoms with Crippen molar-refractivity contribution < 1.29 is 9.53 Å². The summed E-state index contributed by atoms with van der Waals surface area (Å²) in [5.41, 5.74) is 0.217. The Balaban J connectivity index is 1.48. The standard InChI is InChI=1S/C18H28N4O3/c1-14(2)22-9-10-25-16(13-22)12-20-5-7-21(8-6-20)18(24)15-3-4-19-17(23)11-15/h3-4,11,14,16H,5-10,12-13H2,1-2H3,(H,19,23)/t16-/m1/s1. The predicted octanol–water partition coefficient (Wildman–Crippen LogP) is 0.242. The van der Waals surface area contributed by atoms with Crippen LogP contribution in [0.25, 0.3) is 0 Å². The summed E-state index contributed by atoms with van der Waals surface area (Å²) in [6, 6.07) is 3.58. The minimum Gasteiger partial charge on any atom is -0.374 e. The Morgan fingerprint density at radius 2 is 2.04 bits per heavy atom. The molecule has 0 radical (unpaired) electrons. The van der Waals surface area contributed by atoms with Crippen molar-refractivity contribution >= 4 is 5.91 Å². The average Bonchev–Trinajstić information content (AvgIpc) is 2.62. The number of carbonyl (C=O) groups excluding carboxylic acids is 1. The van der Waals surface area contributed by atoms with Gasteiger partial charge in [-0.15, -0.1) is 0 Å². The van der Waals surface area contributed by atoms with E-state index in [0.717, 1.165) is 39.3 Å². The lowest BCUT2D eigenvalue weighted by Gasteiger charge is -2.40. The summed E-state index contributed by atoms with van der Waals surface area (Å²) >= 11 is 0. The summed E-state index contributed by atoms with van der Waals surface area (Å²) in [5.74, 6) is -0.0642. The lowest BCUT2D eigenvalue weighted by molar-refractivity contribution is -0.0555. The number of rotatable bonds is 4. The van der Waals surface area contributed by atoms with Crippen molar-refractivity contribution in [3.63, 3.8) is 0 Å². The summed E-state index contributed by atoms with van der Waals surface area (Å²) in [4.78, 5) is 33.1. The topological polar surface area (TPSA) is 68.9 Å². The van der Waals surface area contributed by atoms with Crippen LogP contribution in [-0.2, 0) is 4.74 Å². The highest BCUT2D eigenvalue weighted by Gasteiger charge is 2.27. The van der Waals surface area contributed by atoms with E-state index in [1.54, 1.807) is 6.07 Å². The molecule has 0 aliphatic carbocycles. The molecule has 1 N–H and O–H groups in total. The molecule has 0 bridgehead atoms. The molecule has 2 fully saturated rings. The molecule has 3 rings (SSSR count). The number of carbonyl (C=O) groups is 1. The second kappa shape index (κ2) is 8.12. The van der Waals surface area contributed by atoms with E-state index < -0.39 is 0 Å². The zero-order chi connectivity index (χ0) is 17.8. The number of H-pyrrole nitrogens is 1. The van der Waals surface area contributed by atoms with E-state index in [9.17, 15) is 9.59 Å². The van der Waals surface area contributed by atoms with Gasteiger partial charge in [-0.1, -0.05) is 0 Å². The molecule has 138 valence electrons. The van der Waals surface area contributed by atoms with E-state index >= 15 is 0 Å². The number of ether oxygens (including phenoxy) is 1. The van der Waals surface area contributed by atoms with Crippen molar-refractivity contribution in [1.29, 1.82) is 0 Å². The molecule has 0 spiro atoms. The number of hydrogen-bond donors (Lipinski definition) is 1. The molecule has 25 heavy (non-hydrogen) atoms. The number of piperazine rings is 1. The van der Waals surface area contributed by atoms with Gasteiger partial charge in [0.2, 0.25) is 5.56 Å². The monoisotopic (exact) mass is 348 g/mol. The first kappa shape index (κ1) is 18.1. The van der Waals surface area contributed by atoms with Gasteiger partial charge in [0.1, 0.15) is 0 Å². The first-order chi connectivity index (χ1) is 12.0. The lowest BCUT2D eigenvalue weighted by Crippen LogP contribution is -2.54. The molecule has 0 aromatic carbocycles. The van der Waals surface area contributed by atoms with Crippen LogP contribution in [0.1, 0.15) is 24.2 Å². The van der Waals surface area contributed by atoms with Gasteiger partial charge in [-0.2, -0.15) is 0 Å².